The molecule has 0 aliphatic heterocycles. The van der Waals surface area contributed by atoms with Gasteiger partial charge in [0.1, 0.15) is 0 Å². The molecule has 0 atom stereocenters. The Labute approximate surface area is 113 Å². The highest BCUT2D eigenvalue weighted by molar-refractivity contribution is 5.88. The highest BCUT2D eigenvalue weighted by Crippen LogP contribution is 2.21. The highest BCUT2D eigenvalue weighted by atomic mass is 16.4. The molecular formula is C16H17NO2. The van der Waals surface area contributed by atoms with Crippen molar-refractivity contribution in [3.8, 4) is 11.1 Å². The maximum absolute atomic E-state index is 10.8. The fourth-order valence-electron chi connectivity index (χ4n) is 2.02. The lowest BCUT2D eigenvalue weighted by Crippen LogP contribution is -2.10. The molecule has 0 radical (unpaired) electrons. The van der Waals surface area contributed by atoms with Crippen molar-refractivity contribution in [3.63, 3.8) is 0 Å². The Kier molecular flexibility index (Phi) is 3.97. The second-order valence-corrected chi connectivity index (χ2v) is 4.82. The molecule has 1 N–H and O–H groups in total. The highest BCUT2D eigenvalue weighted by Gasteiger charge is 2.04. The molecule has 98 valence electrons. The standard InChI is InChI=1S/C16H17NO2/c1-17(2)11-12-4-3-5-15(10-12)13-6-8-14(9-7-13)16(18)19/h3-10H,11H2,1-2H3,(H,18,19). The second-order valence-electron chi connectivity index (χ2n) is 4.82. The minimum atomic E-state index is -0.895. The van der Waals surface area contributed by atoms with Crippen molar-refractivity contribution in [2.24, 2.45) is 0 Å². The molecule has 0 aliphatic rings. The number of carbonyl (C=O) groups is 1. The van der Waals surface area contributed by atoms with E-state index in [4.69, 9.17) is 5.11 Å². The number of carboxylic acids is 1. The van der Waals surface area contributed by atoms with Gasteiger partial charge in [-0.3, -0.25) is 0 Å². The van der Waals surface area contributed by atoms with E-state index in [0.29, 0.717) is 5.56 Å². The van der Waals surface area contributed by atoms with Gasteiger partial charge in [-0.05, 0) is 49.0 Å². The van der Waals surface area contributed by atoms with Crippen LogP contribution in [0.25, 0.3) is 11.1 Å². The summed E-state index contributed by atoms with van der Waals surface area (Å²) >= 11 is 0. The monoisotopic (exact) mass is 255 g/mol. The summed E-state index contributed by atoms with van der Waals surface area (Å²) in [5, 5.41) is 8.88. The summed E-state index contributed by atoms with van der Waals surface area (Å²) in [6, 6.07) is 15.3. The summed E-state index contributed by atoms with van der Waals surface area (Å²) in [7, 11) is 4.07. The number of hydrogen-bond donors (Lipinski definition) is 1. The fourth-order valence-corrected chi connectivity index (χ4v) is 2.02. The quantitative estimate of drug-likeness (QED) is 0.912. The van der Waals surface area contributed by atoms with E-state index in [1.54, 1.807) is 12.1 Å². The Morgan fingerprint density at radius 1 is 1.05 bits per heavy atom. The van der Waals surface area contributed by atoms with Crippen LogP contribution in [0.4, 0.5) is 0 Å². The molecule has 2 aromatic rings. The Morgan fingerprint density at radius 3 is 2.32 bits per heavy atom. The van der Waals surface area contributed by atoms with Crippen LogP contribution in [0.1, 0.15) is 15.9 Å². The molecule has 0 saturated carbocycles. The van der Waals surface area contributed by atoms with Crippen LogP contribution in [0.2, 0.25) is 0 Å². The number of hydrogen-bond acceptors (Lipinski definition) is 2. The number of benzene rings is 2. The van der Waals surface area contributed by atoms with Gasteiger partial charge in [-0.1, -0.05) is 30.3 Å². The van der Waals surface area contributed by atoms with Crippen molar-refractivity contribution in [1.29, 1.82) is 0 Å². The van der Waals surface area contributed by atoms with E-state index >= 15 is 0 Å². The Balaban J connectivity index is 2.28. The third-order valence-corrected chi connectivity index (χ3v) is 2.89. The van der Waals surface area contributed by atoms with Gasteiger partial charge in [0.25, 0.3) is 0 Å². The summed E-state index contributed by atoms with van der Waals surface area (Å²) in [4.78, 5) is 12.9. The number of rotatable bonds is 4. The average molecular weight is 255 g/mol. The van der Waals surface area contributed by atoms with E-state index in [-0.39, 0.29) is 0 Å². The van der Waals surface area contributed by atoms with Crippen molar-refractivity contribution in [2.75, 3.05) is 14.1 Å². The van der Waals surface area contributed by atoms with E-state index < -0.39 is 5.97 Å². The predicted octanol–water partition coefficient (Wildman–Crippen LogP) is 3.11. The zero-order valence-corrected chi connectivity index (χ0v) is 11.1. The molecule has 0 aromatic heterocycles. The zero-order valence-electron chi connectivity index (χ0n) is 11.1. The number of carboxylic acid groups (broad SMARTS) is 1. The molecule has 0 unspecified atom stereocenters. The van der Waals surface area contributed by atoms with Gasteiger partial charge in [-0.25, -0.2) is 4.79 Å². The van der Waals surface area contributed by atoms with Crippen LogP contribution < -0.4 is 0 Å². The normalized spacial score (nSPS) is 10.7. The molecular weight excluding hydrogens is 238 g/mol. The van der Waals surface area contributed by atoms with Gasteiger partial charge in [0, 0.05) is 6.54 Å². The van der Waals surface area contributed by atoms with Gasteiger partial charge in [0.05, 0.1) is 5.56 Å². The topological polar surface area (TPSA) is 40.5 Å². The first kappa shape index (κ1) is 13.3. The van der Waals surface area contributed by atoms with Crippen LogP contribution in [0.5, 0.6) is 0 Å². The van der Waals surface area contributed by atoms with Crippen LogP contribution in [0, 0.1) is 0 Å². The Hall–Kier alpha value is -2.13. The lowest BCUT2D eigenvalue weighted by molar-refractivity contribution is 0.0697. The molecule has 19 heavy (non-hydrogen) atoms. The molecule has 0 spiro atoms. The first-order valence-corrected chi connectivity index (χ1v) is 6.13. The van der Waals surface area contributed by atoms with Crippen molar-refractivity contribution in [1.82, 2.24) is 4.90 Å². The molecule has 2 rings (SSSR count). The summed E-state index contributed by atoms with van der Waals surface area (Å²) < 4.78 is 0. The van der Waals surface area contributed by atoms with Crippen LogP contribution in [0.15, 0.2) is 48.5 Å². The predicted molar refractivity (Wildman–Crippen MR) is 76.2 cm³/mol. The minimum Gasteiger partial charge on any atom is -0.478 e. The number of nitrogens with zero attached hydrogens (tertiary/aromatic N) is 1. The maximum Gasteiger partial charge on any atom is 0.335 e. The van der Waals surface area contributed by atoms with Crippen LogP contribution in [-0.4, -0.2) is 30.1 Å². The third-order valence-electron chi connectivity index (χ3n) is 2.89. The fraction of sp³-hybridized carbons (Fsp3) is 0.188. The van der Waals surface area contributed by atoms with Gasteiger partial charge in [-0.2, -0.15) is 0 Å². The summed E-state index contributed by atoms with van der Waals surface area (Å²) in [6.45, 7) is 0.890. The van der Waals surface area contributed by atoms with E-state index in [1.165, 1.54) is 5.56 Å². The SMILES string of the molecule is CN(C)Cc1cccc(-c2ccc(C(=O)O)cc2)c1. The van der Waals surface area contributed by atoms with E-state index in [2.05, 4.69) is 17.0 Å². The smallest absolute Gasteiger partial charge is 0.335 e. The third kappa shape index (κ3) is 3.42. The van der Waals surface area contributed by atoms with Gasteiger partial charge in [-0.15, -0.1) is 0 Å². The zero-order chi connectivity index (χ0) is 13.8. The Morgan fingerprint density at radius 2 is 1.74 bits per heavy atom. The summed E-state index contributed by atoms with van der Waals surface area (Å²) in [5.74, 6) is -0.895. The second kappa shape index (κ2) is 5.67. The first-order valence-electron chi connectivity index (χ1n) is 6.13. The van der Waals surface area contributed by atoms with Crippen molar-refractivity contribution in [3.05, 3.63) is 59.7 Å². The molecule has 0 amide bonds. The first-order chi connectivity index (χ1) is 9.06. The van der Waals surface area contributed by atoms with Crippen LogP contribution in [0.3, 0.4) is 0 Å². The maximum atomic E-state index is 10.8. The van der Waals surface area contributed by atoms with Crippen molar-refractivity contribution in [2.45, 2.75) is 6.54 Å². The molecule has 0 saturated heterocycles. The number of aromatic carboxylic acids is 1. The van der Waals surface area contributed by atoms with Gasteiger partial charge < -0.3 is 10.0 Å². The van der Waals surface area contributed by atoms with E-state index in [9.17, 15) is 4.79 Å². The van der Waals surface area contributed by atoms with E-state index in [0.717, 1.165) is 17.7 Å². The summed E-state index contributed by atoms with van der Waals surface area (Å²) in [6.07, 6.45) is 0. The molecule has 0 aliphatic carbocycles. The molecule has 0 fully saturated rings. The minimum absolute atomic E-state index is 0.313. The largest absolute Gasteiger partial charge is 0.478 e. The van der Waals surface area contributed by atoms with Gasteiger partial charge in [0.2, 0.25) is 0 Å². The molecule has 2 aromatic carbocycles. The molecule has 0 heterocycles. The van der Waals surface area contributed by atoms with Gasteiger partial charge >= 0.3 is 5.97 Å². The lowest BCUT2D eigenvalue weighted by atomic mass is 10.0. The van der Waals surface area contributed by atoms with E-state index in [1.807, 2.05) is 38.4 Å². The molecule has 3 nitrogen and oxygen atoms in total. The van der Waals surface area contributed by atoms with Crippen LogP contribution >= 0.6 is 0 Å². The molecule has 0 bridgehead atoms. The molecule has 3 heteroatoms. The lowest BCUT2D eigenvalue weighted by Gasteiger charge is -2.11. The average Bonchev–Trinajstić information content (AvgIpc) is 2.38. The van der Waals surface area contributed by atoms with Crippen molar-refractivity contribution < 1.29 is 9.90 Å². The van der Waals surface area contributed by atoms with Crippen molar-refractivity contribution >= 4 is 5.97 Å². The van der Waals surface area contributed by atoms with Gasteiger partial charge in [0.15, 0.2) is 0 Å². The Bertz CT molecular complexity index is 574. The van der Waals surface area contributed by atoms with Crippen LogP contribution in [-0.2, 0) is 6.54 Å². The summed E-state index contributed by atoms with van der Waals surface area (Å²) in [5.41, 5.74) is 3.69.